The van der Waals surface area contributed by atoms with Gasteiger partial charge in [-0.2, -0.15) is 0 Å². The zero-order valence-corrected chi connectivity index (χ0v) is 14.1. The molecule has 1 aliphatic rings. The van der Waals surface area contributed by atoms with Crippen molar-refractivity contribution in [1.82, 2.24) is 5.32 Å². The van der Waals surface area contributed by atoms with Crippen LogP contribution in [0.25, 0.3) is 0 Å². The van der Waals surface area contributed by atoms with Gasteiger partial charge >= 0.3 is 0 Å². The van der Waals surface area contributed by atoms with E-state index in [9.17, 15) is 0 Å². The second-order valence-corrected chi connectivity index (χ2v) is 7.10. The minimum absolute atomic E-state index is 0.105. The summed E-state index contributed by atoms with van der Waals surface area (Å²) in [5.41, 5.74) is 7.06. The number of nitrogens with zero attached hydrogens (tertiary/aromatic N) is 1. The Bertz CT molecular complexity index is 673. The van der Waals surface area contributed by atoms with E-state index < -0.39 is 0 Å². The number of para-hydroxylation sites is 1. The molecule has 22 heavy (non-hydrogen) atoms. The summed E-state index contributed by atoms with van der Waals surface area (Å²) in [7, 11) is 0. The summed E-state index contributed by atoms with van der Waals surface area (Å²) in [5, 5.41) is 3.69. The summed E-state index contributed by atoms with van der Waals surface area (Å²) >= 11 is 0. The Labute approximate surface area is 134 Å². The van der Waals surface area contributed by atoms with E-state index in [1.165, 1.54) is 27.9 Å². The van der Waals surface area contributed by atoms with Gasteiger partial charge < -0.3 is 10.2 Å². The van der Waals surface area contributed by atoms with Gasteiger partial charge in [0.25, 0.3) is 0 Å². The second kappa shape index (κ2) is 5.77. The molecule has 0 saturated carbocycles. The molecule has 1 heterocycles. The Hall–Kier alpha value is -1.80. The van der Waals surface area contributed by atoms with Crippen LogP contribution < -0.4 is 10.2 Å². The lowest BCUT2D eigenvalue weighted by Crippen LogP contribution is -2.46. The number of aryl methyl sites for hydroxylation is 2. The standard InChI is InChI=1S/C20H26N2/c1-15-8-5-6-10-18(15)13-22-14-20(3,4)21-12-17-11-7-9-16(2)19(17)22/h5-11,21H,12-14H2,1-4H3. The monoisotopic (exact) mass is 294 g/mol. The average Bonchev–Trinajstić information content (AvgIpc) is 2.59. The molecule has 0 atom stereocenters. The first-order valence-corrected chi connectivity index (χ1v) is 8.09. The maximum atomic E-state index is 3.69. The molecule has 0 amide bonds. The maximum absolute atomic E-state index is 3.69. The third-order valence-electron chi connectivity index (χ3n) is 4.60. The van der Waals surface area contributed by atoms with Crippen molar-refractivity contribution in [2.24, 2.45) is 0 Å². The van der Waals surface area contributed by atoms with Crippen LogP contribution in [0.5, 0.6) is 0 Å². The number of hydrogen-bond acceptors (Lipinski definition) is 2. The van der Waals surface area contributed by atoms with Crippen LogP contribution in [0.15, 0.2) is 42.5 Å². The van der Waals surface area contributed by atoms with Gasteiger partial charge in [0, 0.05) is 30.9 Å². The van der Waals surface area contributed by atoms with E-state index in [-0.39, 0.29) is 5.54 Å². The average molecular weight is 294 g/mol. The molecular weight excluding hydrogens is 268 g/mol. The Balaban J connectivity index is 2.02. The maximum Gasteiger partial charge on any atom is 0.0445 e. The van der Waals surface area contributed by atoms with E-state index in [4.69, 9.17) is 0 Å². The van der Waals surface area contributed by atoms with Gasteiger partial charge in [0.05, 0.1) is 0 Å². The number of fused-ring (bicyclic) bond motifs is 1. The van der Waals surface area contributed by atoms with Crippen molar-refractivity contribution in [2.75, 3.05) is 11.4 Å². The van der Waals surface area contributed by atoms with Crippen molar-refractivity contribution in [1.29, 1.82) is 0 Å². The molecule has 2 nitrogen and oxygen atoms in total. The first-order chi connectivity index (χ1) is 10.5. The first kappa shape index (κ1) is 15.1. The van der Waals surface area contributed by atoms with Crippen LogP contribution in [0.4, 0.5) is 5.69 Å². The molecule has 0 saturated heterocycles. The Morgan fingerprint density at radius 3 is 2.50 bits per heavy atom. The molecule has 0 spiro atoms. The smallest absolute Gasteiger partial charge is 0.0445 e. The molecule has 1 aliphatic heterocycles. The Morgan fingerprint density at radius 2 is 1.73 bits per heavy atom. The zero-order chi connectivity index (χ0) is 15.7. The fourth-order valence-corrected chi connectivity index (χ4v) is 3.39. The van der Waals surface area contributed by atoms with Gasteiger partial charge in [-0.1, -0.05) is 42.5 Å². The van der Waals surface area contributed by atoms with Crippen molar-refractivity contribution < 1.29 is 0 Å². The van der Waals surface area contributed by atoms with Crippen LogP contribution in [-0.4, -0.2) is 12.1 Å². The van der Waals surface area contributed by atoms with Crippen LogP contribution in [0.3, 0.4) is 0 Å². The van der Waals surface area contributed by atoms with Gasteiger partial charge in [0.15, 0.2) is 0 Å². The third-order valence-corrected chi connectivity index (χ3v) is 4.60. The number of rotatable bonds is 2. The predicted molar refractivity (Wildman–Crippen MR) is 94.3 cm³/mol. The number of anilines is 1. The lowest BCUT2D eigenvalue weighted by molar-refractivity contribution is 0.395. The number of hydrogen-bond donors (Lipinski definition) is 1. The van der Waals surface area contributed by atoms with Crippen LogP contribution >= 0.6 is 0 Å². The van der Waals surface area contributed by atoms with E-state index >= 15 is 0 Å². The molecular formula is C20H26N2. The number of benzene rings is 2. The predicted octanol–water partition coefficient (Wildman–Crippen LogP) is 4.19. The lowest BCUT2D eigenvalue weighted by atomic mass is 10.0. The van der Waals surface area contributed by atoms with Crippen molar-refractivity contribution in [3.05, 3.63) is 64.7 Å². The van der Waals surface area contributed by atoms with Gasteiger partial charge in [-0.05, 0) is 49.9 Å². The van der Waals surface area contributed by atoms with Crippen LogP contribution in [0, 0.1) is 13.8 Å². The molecule has 0 fully saturated rings. The van der Waals surface area contributed by atoms with Crippen molar-refractivity contribution in [3.8, 4) is 0 Å². The summed E-state index contributed by atoms with van der Waals surface area (Å²) in [6.07, 6.45) is 0. The Morgan fingerprint density at radius 1 is 1.00 bits per heavy atom. The molecule has 0 bridgehead atoms. The van der Waals surface area contributed by atoms with Crippen molar-refractivity contribution >= 4 is 5.69 Å². The highest BCUT2D eigenvalue weighted by atomic mass is 15.2. The number of nitrogens with one attached hydrogen (secondary N) is 1. The minimum Gasteiger partial charge on any atom is -0.365 e. The highest BCUT2D eigenvalue weighted by molar-refractivity contribution is 5.61. The molecule has 1 N–H and O–H groups in total. The summed E-state index contributed by atoms with van der Waals surface area (Å²) < 4.78 is 0. The van der Waals surface area contributed by atoms with Crippen LogP contribution in [-0.2, 0) is 13.1 Å². The molecule has 0 unspecified atom stereocenters. The van der Waals surface area contributed by atoms with E-state index in [0.29, 0.717) is 0 Å². The van der Waals surface area contributed by atoms with Crippen molar-refractivity contribution in [3.63, 3.8) is 0 Å². The molecule has 3 rings (SSSR count). The second-order valence-electron chi connectivity index (χ2n) is 7.10. The normalized spacial score (nSPS) is 17.0. The fourth-order valence-electron chi connectivity index (χ4n) is 3.39. The Kier molecular flexibility index (Phi) is 3.96. The highest BCUT2D eigenvalue weighted by Gasteiger charge is 2.27. The summed E-state index contributed by atoms with van der Waals surface area (Å²) in [6, 6.07) is 15.4. The molecule has 0 radical (unpaired) electrons. The first-order valence-electron chi connectivity index (χ1n) is 8.09. The largest absolute Gasteiger partial charge is 0.365 e. The van der Waals surface area contributed by atoms with E-state index in [0.717, 1.165) is 19.6 Å². The molecule has 0 aromatic heterocycles. The summed E-state index contributed by atoms with van der Waals surface area (Å²) in [4.78, 5) is 2.55. The van der Waals surface area contributed by atoms with Gasteiger partial charge in [0.2, 0.25) is 0 Å². The fraction of sp³-hybridized carbons (Fsp3) is 0.400. The van der Waals surface area contributed by atoms with Crippen molar-refractivity contribution in [2.45, 2.75) is 46.3 Å². The highest BCUT2D eigenvalue weighted by Crippen LogP contribution is 2.31. The van der Waals surface area contributed by atoms with E-state index in [1.807, 2.05) is 0 Å². The quantitative estimate of drug-likeness (QED) is 0.893. The van der Waals surface area contributed by atoms with Crippen LogP contribution in [0.2, 0.25) is 0 Å². The molecule has 2 aromatic carbocycles. The minimum atomic E-state index is 0.105. The van der Waals surface area contributed by atoms with Gasteiger partial charge in [0.1, 0.15) is 0 Å². The summed E-state index contributed by atoms with van der Waals surface area (Å²) in [6.45, 7) is 11.9. The zero-order valence-electron chi connectivity index (χ0n) is 14.1. The van der Waals surface area contributed by atoms with E-state index in [2.05, 4.69) is 80.4 Å². The summed E-state index contributed by atoms with van der Waals surface area (Å²) in [5.74, 6) is 0. The van der Waals surface area contributed by atoms with Gasteiger partial charge in [-0.25, -0.2) is 0 Å². The van der Waals surface area contributed by atoms with Crippen LogP contribution in [0.1, 0.15) is 36.1 Å². The molecule has 2 aromatic rings. The lowest BCUT2D eigenvalue weighted by Gasteiger charge is -2.33. The van der Waals surface area contributed by atoms with Gasteiger partial charge in [-0.3, -0.25) is 0 Å². The topological polar surface area (TPSA) is 15.3 Å². The molecule has 2 heteroatoms. The molecule has 0 aliphatic carbocycles. The van der Waals surface area contributed by atoms with E-state index in [1.54, 1.807) is 0 Å². The molecule has 116 valence electrons. The SMILES string of the molecule is Cc1ccccc1CN1CC(C)(C)NCc2cccc(C)c21. The third kappa shape index (κ3) is 3.02. The van der Waals surface area contributed by atoms with Gasteiger partial charge in [-0.15, -0.1) is 0 Å².